The summed E-state index contributed by atoms with van der Waals surface area (Å²) in [6.45, 7) is 10.0. The van der Waals surface area contributed by atoms with Crippen LogP contribution in [0.25, 0.3) is 5.65 Å². The summed E-state index contributed by atoms with van der Waals surface area (Å²) in [5.41, 5.74) is 3.13. The van der Waals surface area contributed by atoms with Gasteiger partial charge < -0.3 is 5.11 Å². The summed E-state index contributed by atoms with van der Waals surface area (Å²) in [7, 11) is 0. The summed E-state index contributed by atoms with van der Waals surface area (Å²) >= 11 is 0. The lowest BCUT2D eigenvalue weighted by Gasteiger charge is -2.18. The zero-order chi connectivity index (χ0) is 14.4. The molecule has 0 spiro atoms. The van der Waals surface area contributed by atoms with Crippen LogP contribution in [0.5, 0.6) is 0 Å². The van der Waals surface area contributed by atoms with Gasteiger partial charge in [-0.2, -0.15) is 0 Å². The lowest BCUT2D eigenvalue weighted by Crippen LogP contribution is -2.16. The molecule has 0 unspecified atom stereocenters. The Hall–Kier alpha value is -1.91. The minimum Gasteiger partial charge on any atom is -0.481 e. The molecule has 0 aliphatic carbocycles. The maximum Gasteiger partial charge on any atom is 0.309 e. The summed E-state index contributed by atoms with van der Waals surface area (Å²) in [4.78, 5) is 20.0. The number of imidazole rings is 1. The Morgan fingerprint density at radius 1 is 1.32 bits per heavy atom. The molecule has 5 heteroatoms. The predicted molar refractivity (Wildman–Crippen MR) is 72.5 cm³/mol. The van der Waals surface area contributed by atoms with Gasteiger partial charge in [0, 0.05) is 11.5 Å². The van der Waals surface area contributed by atoms with Gasteiger partial charge in [-0.25, -0.2) is 9.97 Å². The Bertz CT molecular complexity index is 651. The van der Waals surface area contributed by atoms with E-state index < -0.39 is 5.97 Å². The summed E-state index contributed by atoms with van der Waals surface area (Å²) < 4.78 is 1.83. The van der Waals surface area contributed by atoms with Crippen molar-refractivity contribution < 1.29 is 9.90 Å². The van der Waals surface area contributed by atoms with Crippen molar-refractivity contribution in [2.75, 3.05) is 0 Å². The first-order chi connectivity index (χ1) is 8.70. The molecule has 0 aromatic carbocycles. The van der Waals surface area contributed by atoms with Gasteiger partial charge in [-0.1, -0.05) is 20.8 Å². The summed E-state index contributed by atoms with van der Waals surface area (Å²) in [6.07, 6.45) is -0.0373. The lowest BCUT2D eigenvalue weighted by molar-refractivity contribution is -0.136. The highest BCUT2D eigenvalue weighted by atomic mass is 16.4. The van der Waals surface area contributed by atoms with E-state index in [1.165, 1.54) is 0 Å². The quantitative estimate of drug-likeness (QED) is 0.900. The fourth-order valence-corrected chi connectivity index (χ4v) is 2.16. The smallest absolute Gasteiger partial charge is 0.309 e. The maximum absolute atomic E-state index is 10.9. The Balaban J connectivity index is 2.70. The lowest BCUT2D eigenvalue weighted by atomic mass is 9.92. The Labute approximate surface area is 112 Å². The molecule has 0 bridgehead atoms. The van der Waals surface area contributed by atoms with Crippen LogP contribution in [-0.4, -0.2) is 25.4 Å². The van der Waals surface area contributed by atoms with Gasteiger partial charge in [-0.3, -0.25) is 9.20 Å². The van der Waals surface area contributed by atoms with Gasteiger partial charge in [0.1, 0.15) is 11.5 Å². The molecule has 0 amide bonds. The standard InChI is InChI=1S/C14H19N3O2/c1-8-10(6-13(18)19)17-9(2)16-11(14(3,4)5)7-12(17)15-8/h7H,6H2,1-5H3,(H,18,19). The molecule has 0 saturated heterocycles. The van der Waals surface area contributed by atoms with E-state index in [4.69, 9.17) is 5.11 Å². The third-order valence-corrected chi connectivity index (χ3v) is 3.16. The van der Waals surface area contributed by atoms with Crippen LogP contribution in [0, 0.1) is 13.8 Å². The number of aliphatic carboxylic acids is 1. The molecular formula is C14H19N3O2. The number of hydrogen-bond acceptors (Lipinski definition) is 3. The number of carboxylic acid groups (broad SMARTS) is 1. The average Bonchev–Trinajstić information content (AvgIpc) is 2.53. The van der Waals surface area contributed by atoms with Crippen molar-refractivity contribution in [2.24, 2.45) is 0 Å². The third kappa shape index (κ3) is 2.45. The van der Waals surface area contributed by atoms with Crippen LogP contribution >= 0.6 is 0 Å². The van der Waals surface area contributed by atoms with Crippen LogP contribution in [0.2, 0.25) is 0 Å². The first-order valence-corrected chi connectivity index (χ1v) is 6.28. The molecule has 0 saturated carbocycles. The fraction of sp³-hybridized carbons (Fsp3) is 0.500. The molecule has 0 fully saturated rings. The third-order valence-electron chi connectivity index (χ3n) is 3.16. The van der Waals surface area contributed by atoms with Crippen molar-refractivity contribution in [3.05, 3.63) is 29.0 Å². The zero-order valence-corrected chi connectivity index (χ0v) is 12.0. The number of aromatic nitrogens is 3. The van der Waals surface area contributed by atoms with Gasteiger partial charge in [0.2, 0.25) is 0 Å². The Morgan fingerprint density at radius 2 is 1.95 bits per heavy atom. The van der Waals surface area contributed by atoms with Gasteiger partial charge in [-0.05, 0) is 13.8 Å². The molecule has 2 heterocycles. The zero-order valence-electron chi connectivity index (χ0n) is 12.0. The fourth-order valence-electron chi connectivity index (χ4n) is 2.16. The van der Waals surface area contributed by atoms with Crippen LogP contribution in [0.4, 0.5) is 0 Å². The largest absolute Gasteiger partial charge is 0.481 e. The van der Waals surface area contributed by atoms with Gasteiger partial charge in [0.05, 0.1) is 23.5 Å². The molecule has 0 atom stereocenters. The van der Waals surface area contributed by atoms with E-state index in [1.807, 2.05) is 24.3 Å². The first kappa shape index (κ1) is 13.5. The van der Waals surface area contributed by atoms with Crippen LogP contribution in [0.15, 0.2) is 6.07 Å². The van der Waals surface area contributed by atoms with E-state index in [1.54, 1.807) is 0 Å². The van der Waals surface area contributed by atoms with Gasteiger partial charge in [0.25, 0.3) is 0 Å². The maximum atomic E-state index is 10.9. The van der Waals surface area contributed by atoms with E-state index in [2.05, 4.69) is 30.7 Å². The van der Waals surface area contributed by atoms with Crippen LogP contribution in [0.1, 0.15) is 43.7 Å². The van der Waals surface area contributed by atoms with E-state index in [9.17, 15) is 4.79 Å². The predicted octanol–water partition coefficient (Wildman–Crippen LogP) is 2.27. The Kier molecular flexibility index (Phi) is 3.08. The average molecular weight is 261 g/mol. The SMILES string of the molecule is Cc1nc2cc(C(C)(C)C)nc(C)n2c1CC(=O)O. The van der Waals surface area contributed by atoms with E-state index >= 15 is 0 Å². The highest BCUT2D eigenvalue weighted by molar-refractivity contribution is 5.70. The molecule has 5 nitrogen and oxygen atoms in total. The van der Waals surface area contributed by atoms with Crippen LogP contribution < -0.4 is 0 Å². The molecule has 2 aromatic rings. The molecule has 0 radical (unpaired) electrons. The second-order valence-electron chi connectivity index (χ2n) is 5.85. The molecule has 2 aromatic heterocycles. The van der Waals surface area contributed by atoms with Crippen LogP contribution in [0.3, 0.4) is 0 Å². The number of fused-ring (bicyclic) bond motifs is 1. The number of carboxylic acids is 1. The van der Waals surface area contributed by atoms with Crippen molar-refractivity contribution in [2.45, 2.75) is 46.5 Å². The summed E-state index contributed by atoms with van der Waals surface area (Å²) in [5.74, 6) is -0.0801. The van der Waals surface area contributed by atoms with Gasteiger partial charge >= 0.3 is 5.97 Å². The van der Waals surface area contributed by atoms with Crippen molar-refractivity contribution in [3.8, 4) is 0 Å². The van der Waals surface area contributed by atoms with E-state index in [0.717, 1.165) is 22.9 Å². The molecule has 19 heavy (non-hydrogen) atoms. The second kappa shape index (κ2) is 4.33. The van der Waals surface area contributed by atoms with Crippen molar-refractivity contribution >= 4 is 11.6 Å². The first-order valence-electron chi connectivity index (χ1n) is 6.28. The Morgan fingerprint density at radius 3 is 2.47 bits per heavy atom. The molecule has 102 valence electrons. The second-order valence-corrected chi connectivity index (χ2v) is 5.85. The number of carbonyl (C=O) groups is 1. The van der Waals surface area contributed by atoms with Crippen molar-refractivity contribution in [1.29, 1.82) is 0 Å². The number of rotatable bonds is 2. The molecule has 0 aliphatic rings. The highest BCUT2D eigenvalue weighted by Gasteiger charge is 2.20. The van der Waals surface area contributed by atoms with E-state index in [0.29, 0.717) is 5.69 Å². The molecule has 0 aliphatic heterocycles. The molecule has 1 N–H and O–H groups in total. The molecule has 2 rings (SSSR count). The minimum absolute atomic E-state index is 0.0373. The summed E-state index contributed by atoms with van der Waals surface area (Å²) in [6, 6.07) is 1.94. The van der Waals surface area contributed by atoms with Gasteiger partial charge in [0.15, 0.2) is 0 Å². The molecular weight excluding hydrogens is 242 g/mol. The van der Waals surface area contributed by atoms with Crippen molar-refractivity contribution in [1.82, 2.24) is 14.4 Å². The van der Waals surface area contributed by atoms with Crippen molar-refractivity contribution in [3.63, 3.8) is 0 Å². The van der Waals surface area contributed by atoms with Crippen LogP contribution in [-0.2, 0) is 16.6 Å². The highest BCUT2D eigenvalue weighted by Crippen LogP contribution is 2.23. The van der Waals surface area contributed by atoms with Gasteiger partial charge in [-0.15, -0.1) is 0 Å². The number of nitrogens with zero attached hydrogens (tertiary/aromatic N) is 3. The number of hydrogen-bond donors (Lipinski definition) is 1. The monoisotopic (exact) mass is 261 g/mol. The summed E-state index contributed by atoms with van der Waals surface area (Å²) in [5, 5.41) is 8.98. The topological polar surface area (TPSA) is 67.5 Å². The minimum atomic E-state index is -0.857. The normalized spacial score (nSPS) is 12.1. The number of aryl methyl sites for hydroxylation is 2. The van der Waals surface area contributed by atoms with E-state index in [-0.39, 0.29) is 11.8 Å².